The molecule has 0 spiro atoms. The molecular formula is CH3NO4. The second kappa shape index (κ2) is 4.32. The molecule has 0 saturated carbocycles. The molecule has 0 unspecified atom stereocenters. The Morgan fingerprint density at radius 3 is 2.50 bits per heavy atom. The Kier molecular flexibility index (Phi) is 3.83. The molecule has 0 fully saturated rings. The van der Waals surface area contributed by atoms with Crippen LogP contribution in [0.2, 0.25) is 0 Å². The van der Waals surface area contributed by atoms with Crippen LogP contribution in [0, 0.1) is 4.91 Å². The second-order valence-electron chi connectivity index (χ2n) is 0.384. The lowest BCUT2D eigenvalue weighted by molar-refractivity contribution is -0.504. The molecule has 0 aliphatic heterocycles. The molecule has 6 heavy (non-hydrogen) atoms. The van der Waals surface area contributed by atoms with Crippen molar-refractivity contribution in [3.8, 4) is 0 Å². The highest BCUT2D eigenvalue weighted by atomic mass is 17.5. The molecule has 5 nitrogen and oxygen atoms in total. The molecule has 5 heteroatoms. The van der Waals surface area contributed by atoms with Crippen molar-refractivity contribution in [2.45, 2.75) is 0 Å². The van der Waals surface area contributed by atoms with E-state index in [4.69, 9.17) is 4.91 Å². The van der Waals surface area contributed by atoms with Crippen molar-refractivity contribution in [2.24, 2.45) is 5.34 Å². The van der Waals surface area contributed by atoms with Crippen LogP contribution in [0.25, 0.3) is 0 Å². The maximum absolute atomic E-state index is 8.89. The molecule has 0 bridgehead atoms. The fourth-order valence-electron chi connectivity index (χ4n) is 0.0429. The maximum atomic E-state index is 8.89. The minimum atomic E-state index is 1.19. The Bertz CT molecular complexity index is 36.5. The topological polar surface area (TPSA) is 57.1 Å². The minimum absolute atomic E-state index is 1.19. The van der Waals surface area contributed by atoms with Gasteiger partial charge in [0.15, 0.2) is 5.34 Å². The average molecular weight is 93.0 g/mol. The standard InChI is InChI=1S/CH3NO4/c1-4-6-5-2-3/h1H3. The normalized spacial score (nSPS) is 7.50. The molecule has 36 valence electrons. The van der Waals surface area contributed by atoms with E-state index in [0.717, 1.165) is 0 Å². The predicted molar refractivity (Wildman–Crippen MR) is 15.0 cm³/mol. The third-order valence-electron chi connectivity index (χ3n) is 0.129. The summed E-state index contributed by atoms with van der Waals surface area (Å²) in [4.78, 5) is 16.0. The van der Waals surface area contributed by atoms with Gasteiger partial charge in [0.25, 0.3) is 0 Å². The van der Waals surface area contributed by atoms with Crippen LogP contribution in [0.5, 0.6) is 0 Å². The highest BCUT2D eigenvalue weighted by Gasteiger charge is 1.72. The molecule has 0 aromatic carbocycles. The lowest BCUT2D eigenvalue weighted by Gasteiger charge is -1.82. The van der Waals surface area contributed by atoms with Gasteiger partial charge in [0, 0.05) is 5.04 Å². The molecule has 0 heterocycles. The van der Waals surface area contributed by atoms with E-state index in [1.54, 1.807) is 0 Å². The van der Waals surface area contributed by atoms with Crippen molar-refractivity contribution < 1.29 is 14.9 Å². The van der Waals surface area contributed by atoms with Gasteiger partial charge in [-0.05, 0) is 0 Å². The summed E-state index contributed by atoms with van der Waals surface area (Å²) in [5.74, 6) is 0. The molecule has 0 radical (unpaired) electrons. The summed E-state index contributed by atoms with van der Waals surface area (Å²) in [5.41, 5.74) is 0. The fraction of sp³-hybridized carbons (Fsp3) is 1.00. The van der Waals surface area contributed by atoms with Gasteiger partial charge < -0.3 is 0 Å². The summed E-state index contributed by atoms with van der Waals surface area (Å²) in [6, 6.07) is 0. The first-order chi connectivity index (χ1) is 2.91. The first-order valence-corrected chi connectivity index (χ1v) is 1.11. The van der Waals surface area contributed by atoms with Crippen LogP contribution in [0.3, 0.4) is 0 Å². The first kappa shape index (κ1) is 5.32. The van der Waals surface area contributed by atoms with Gasteiger partial charge in [-0.15, -0.1) is 9.90 Å². The van der Waals surface area contributed by atoms with E-state index in [2.05, 4.69) is 14.9 Å². The number of hydrogen-bond acceptors (Lipinski definition) is 5. The van der Waals surface area contributed by atoms with E-state index >= 15 is 0 Å². The summed E-state index contributed by atoms with van der Waals surface area (Å²) < 4.78 is 0. The van der Waals surface area contributed by atoms with E-state index < -0.39 is 0 Å². The van der Waals surface area contributed by atoms with Crippen molar-refractivity contribution in [1.29, 1.82) is 0 Å². The Morgan fingerprint density at radius 2 is 2.33 bits per heavy atom. The second-order valence-corrected chi connectivity index (χ2v) is 0.384. The van der Waals surface area contributed by atoms with Crippen LogP contribution in [0.4, 0.5) is 0 Å². The van der Waals surface area contributed by atoms with Crippen LogP contribution >= 0.6 is 0 Å². The van der Waals surface area contributed by atoms with E-state index in [1.807, 2.05) is 5.34 Å². The van der Waals surface area contributed by atoms with E-state index in [1.165, 1.54) is 7.11 Å². The Balaban J connectivity index is 2.49. The molecule has 0 aliphatic rings. The van der Waals surface area contributed by atoms with Crippen molar-refractivity contribution >= 4 is 0 Å². The van der Waals surface area contributed by atoms with E-state index in [-0.39, 0.29) is 0 Å². The lowest BCUT2D eigenvalue weighted by Crippen LogP contribution is -1.81. The summed E-state index contributed by atoms with van der Waals surface area (Å²) >= 11 is 0. The fourth-order valence-corrected chi connectivity index (χ4v) is 0.0429. The molecule has 0 aromatic heterocycles. The summed E-state index contributed by atoms with van der Waals surface area (Å²) in [6.07, 6.45) is 0. The zero-order valence-electron chi connectivity index (χ0n) is 3.08. The Labute approximate surface area is 33.6 Å². The smallest absolute Gasteiger partial charge is 0.193 e. The largest absolute Gasteiger partial charge is 0.198 e. The highest BCUT2D eigenvalue weighted by molar-refractivity contribution is 3.86. The zero-order valence-corrected chi connectivity index (χ0v) is 3.08. The van der Waals surface area contributed by atoms with Crippen molar-refractivity contribution in [3.05, 3.63) is 4.91 Å². The van der Waals surface area contributed by atoms with Gasteiger partial charge in [0.2, 0.25) is 0 Å². The lowest BCUT2D eigenvalue weighted by atomic mass is 11.8. The van der Waals surface area contributed by atoms with E-state index in [9.17, 15) is 0 Å². The van der Waals surface area contributed by atoms with Gasteiger partial charge in [0.1, 0.15) is 0 Å². The number of hydrogen-bond donors (Lipinski definition) is 0. The van der Waals surface area contributed by atoms with Crippen molar-refractivity contribution in [1.82, 2.24) is 0 Å². The highest BCUT2D eigenvalue weighted by Crippen LogP contribution is 1.73. The maximum Gasteiger partial charge on any atom is 0.193 e. The van der Waals surface area contributed by atoms with Gasteiger partial charge in [-0.3, -0.25) is 0 Å². The monoisotopic (exact) mass is 93.0 g/mol. The molecule has 0 rings (SSSR count). The summed E-state index contributed by atoms with van der Waals surface area (Å²) in [6.45, 7) is 0. The quantitative estimate of drug-likeness (QED) is 0.216. The molecule has 0 aromatic rings. The van der Waals surface area contributed by atoms with Crippen molar-refractivity contribution in [3.63, 3.8) is 0 Å². The summed E-state index contributed by atoms with van der Waals surface area (Å²) in [5, 5.41) is 5.33. The van der Waals surface area contributed by atoms with Crippen LogP contribution in [-0.2, 0) is 14.9 Å². The average Bonchev–Trinajstić information content (AvgIpc) is 1.61. The Hall–Kier alpha value is -0.680. The predicted octanol–water partition coefficient (Wildman–Crippen LogP) is 0.177. The third-order valence-corrected chi connectivity index (χ3v) is 0.129. The summed E-state index contributed by atoms with van der Waals surface area (Å²) in [7, 11) is 1.19. The van der Waals surface area contributed by atoms with Crippen LogP contribution < -0.4 is 0 Å². The molecule has 0 aliphatic carbocycles. The number of nitrogens with zero attached hydrogens (tertiary/aromatic N) is 1. The number of rotatable bonds is 3. The van der Waals surface area contributed by atoms with Crippen LogP contribution in [-0.4, -0.2) is 7.11 Å². The molecular weight excluding hydrogens is 90.0 g/mol. The van der Waals surface area contributed by atoms with Gasteiger partial charge in [-0.25, -0.2) is 0 Å². The van der Waals surface area contributed by atoms with Gasteiger partial charge in [0.05, 0.1) is 7.11 Å². The molecule has 0 N–H and O–H groups in total. The minimum Gasteiger partial charge on any atom is -0.198 e. The third kappa shape index (κ3) is 3.32. The van der Waals surface area contributed by atoms with Gasteiger partial charge in [-0.2, -0.15) is 4.89 Å². The SMILES string of the molecule is COOON=O. The van der Waals surface area contributed by atoms with Gasteiger partial charge in [-0.1, -0.05) is 0 Å². The van der Waals surface area contributed by atoms with Crippen molar-refractivity contribution in [2.75, 3.05) is 7.11 Å². The van der Waals surface area contributed by atoms with E-state index in [0.29, 0.717) is 0 Å². The molecule has 0 atom stereocenters. The van der Waals surface area contributed by atoms with Gasteiger partial charge >= 0.3 is 0 Å². The van der Waals surface area contributed by atoms with Crippen LogP contribution in [0.1, 0.15) is 0 Å². The van der Waals surface area contributed by atoms with Crippen LogP contribution in [0.15, 0.2) is 5.34 Å². The molecule has 0 saturated heterocycles. The Morgan fingerprint density at radius 1 is 1.67 bits per heavy atom. The molecule has 0 amide bonds. The first-order valence-electron chi connectivity index (χ1n) is 1.11. The zero-order chi connectivity index (χ0) is 4.83.